The van der Waals surface area contributed by atoms with E-state index in [1.54, 1.807) is 0 Å². The summed E-state index contributed by atoms with van der Waals surface area (Å²) >= 11 is 0. The first-order valence-electron chi connectivity index (χ1n) is 12.2. The van der Waals surface area contributed by atoms with Gasteiger partial charge >= 0.3 is 0 Å². The van der Waals surface area contributed by atoms with Gasteiger partial charge in [0, 0.05) is 0 Å². The summed E-state index contributed by atoms with van der Waals surface area (Å²) in [7, 11) is 0. The monoisotopic (exact) mass is 420 g/mol. The zero-order chi connectivity index (χ0) is 23.8. The molecule has 0 nitrogen and oxygen atoms in total. The molecule has 2 aromatic rings. The highest BCUT2D eigenvalue weighted by Crippen LogP contribution is 2.33. The zero-order valence-corrected chi connectivity index (χ0v) is 22.6. The zero-order valence-electron chi connectivity index (χ0n) is 22.6. The SMILES string of the molecule is CC(C)(C)c1cc(CCCc2ccc(C(C)(C)C)cc2C(C)(C)C)cc(C(C)(C)C)c1. The molecule has 2 aromatic carbocycles. The van der Waals surface area contributed by atoms with Crippen LogP contribution in [0.25, 0.3) is 0 Å². The van der Waals surface area contributed by atoms with Gasteiger partial charge in [0.25, 0.3) is 0 Å². The summed E-state index contributed by atoms with van der Waals surface area (Å²) < 4.78 is 0. The molecule has 0 heteroatoms. The van der Waals surface area contributed by atoms with Crippen LogP contribution in [0.1, 0.15) is 123 Å². The molecule has 0 aliphatic carbocycles. The van der Waals surface area contributed by atoms with Gasteiger partial charge in [0.15, 0.2) is 0 Å². The number of aryl methyl sites for hydroxylation is 2. The second-order valence-corrected chi connectivity index (χ2v) is 13.6. The molecule has 172 valence electrons. The molecular weight excluding hydrogens is 372 g/mol. The van der Waals surface area contributed by atoms with Gasteiger partial charge in [-0.3, -0.25) is 0 Å². The smallest absolute Gasteiger partial charge is 0.0129 e. The topological polar surface area (TPSA) is 0 Å². The van der Waals surface area contributed by atoms with Gasteiger partial charge in [-0.15, -0.1) is 0 Å². The van der Waals surface area contributed by atoms with E-state index in [0.29, 0.717) is 0 Å². The fraction of sp³-hybridized carbons (Fsp3) is 0.613. The van der Waals surface area contributed by atoms with Crippen LogP contribution < -0.4 is 0 Å². The van der Waals surface area contributed by atoms with Crippen molar-refractivity contribution in [3.63, 3.8) is 0 Å². The predicted octanol–water partition coefficient (Wildman–Crippen LogP) is 9.05. The van der Waals surface area contributed by atoms with E-state index in [1.807, 2.05) is 0 Å². The number of hydrogen-bond donors (Lipinski definition) is 0. The van der Waals surface area contributed by atoms with Gasteiger partial charge < -0.3 is 0 Å². The molecule has 0 saturated heterocycles. The van der Waals surface area contributed by atoms with Crippen LogP contribution in [0.3, 0.4) is 0 Å². The third kappa shape index (κ3) is 6.96. The van der Waals surface area contributed by atoms with Crippen LogP contribution in [0, 0.1) is 0 Å². The number of benzene rings is 2. The van der Waals surface area contributed by atoms with Gasteiger partial charge in [-0.1, -0.05) is 119 Å². The molecule has 0 fully saturated rings. The van der Waals surface area contributed by atoms with E-state index in [-0.39, 0.29) is 21.7 Å². The molecule has 0 bridgehead atoms. The summed E-state index contributed by atoms with van der Waals surface area (Å²) in [6.45, 7) is 27.9. The number of rotatable bonds is 4. The van der Waals surface area contributed by atoms with Crippen molar-refractivity contribution in [1.82, 2.24) is 0 Å². The quantitative estimate of drug-likeness (QED) is 0.462. The fourth-order valence-corrected chi connectivity index (χ4v) is 4.14. The lowest BCUT2D eigenvalue weighted by Crippen LogP contribution is -2.18. The molecule has 0 aromatic heterocycles. The molecule has 2 rings (SSSR count). The molecule has 0 unspecified atom stereocenters. The maximum atomic E-state index is 2.47. The van der Waals surface area contributed by atoms with Gasteiger partial charge in [0.1, 0.15) is 0 Å². The van der Waals surface area contributed by atoms with Crippen LogP contribution in [0.2, 0.25) is 0 Å². The van der Waals surface area contributed by atoms with Crippen LogP contribution in [-0.2, 0) is 34.5 Å². The van der Waals surface area contributed by atoms with Crippen molar-refractivity contribution in [3.05, 3.63) is 69.8 Å². The first kappa shape index (κ1) is 25.7. The molecular formula is C31H48. The first-order valence-corrected chi connectivity index (χ1v) is 12.2. The van der Waals surface area contributed by atoms with Crippen molar-refractivity contribution in [1.29, 1.82) is 0 Å². The Labute approximate surface area is 193 Å². The molecule has 0 N–H and O–H groups in total. The van der Waals surface area contributed by atoms with Crippen LogP contribution >= 0.6 is 0 Å². The van der Waals surface area contributed by atoms with Gasteiger partial charge in [-0.05, 0) is 74.3 Å². The Morgan fingerprint density at radius 1 is 0.484 bits per heavy atom. The van der Waals surface area contributed by atoms with E-state index in [1.165, 1.54) is 39.8 Å². The Bertz CT molecular complexity index is 851. The first-order chi connectivity index (χ1) is 13.9. The Balaban J connectivity index is 2.29. The van der Waals surface area contributed by atoms with E-state index >= 15 is 0 Å². The van der Waals surface area contributed by atoms with Gasteiger partial charge in [0.2, 0.25) is 0 Å². The van der Waals surface area contributed by atoms with Crippen LogP contribution in [0.5, 0.6) is 0 Å². The minimum Gasteiger partial charge on any atom is -0.0585 e. The van der Waals surface area contributed by atoms with E-state index < -0.39 is 0 Å². The highest BCUT2D eigenvalue weighted by Gasteiger charge is 2.23. The van der Waals surface area contributed by atoms with E-state index in [4.69, 9.17) is 0 Å². The second kappa shape index (κ2) is 8.76. The Morgan fingerprint density at radius 2 is 0.968 bits per heavy atom. The van der Waals surface area contributed by atoms with Crippen molar-refractivity contribution in [2.24, 2.45) is 0 Å². The van der Waals surface area contributed by atoms with Crippen molar-refractivity contribution in [2.75, 3.05) is 0 Å². The summed E-state index contributed by atoms with van der Waals surface area (Å²) in [6, 6.07) is 14.5. The molecule has 0 amide bonds. The van der Waals surface area contributed by atoms with Crippen LogP contribution in [0.15, 0.2) is 36.4 Å². The fourth-order valence-electron chi connectivity index (χ4n) is 4.14. The molecule has 0 radical (unpaired) electrons. The van der Waals surface area contributed by atoms with E-state index in [2.05, 4.69) is 119 Å². The maximum Gasteiger partial charge on any atom is -0.0129 e. The molecule has 0 aliphatic rings. The minimum atomic E-state index is 0.169. The summed E-state index contributed by atoms with van der Waals surface area (Å²) in [5.74, 6) is 0. The average Bonchev–Trinajstić information content (AvgIpc) is 2.58. The molecule has 31 heavy (non-hydrogen) atoms. The van der Waals surface area contributed by atoms with E-state index in [9.17, 15) is 0 Å². The average molecular weight is 421 g/mol. The molecule has 0 atom stereocenters. The summed E-state index contributed by atoms with van der Waals surface area (Å²) in [5.41, 5.74) is 9.59. The van der Waals surface area contributed by atoms with Gasteiger partial charge in [-0.2, -0.15) is 0 Å². The number of hydrogen-bond acceptors (Lipinski definition) is 0. The third-order valence-electron chi connectivity index (χ3n) is 6.42. The highest BCUT2D eigenvalue weighted by molar-refractivity contribution is 5.40. The molecule has 0 spiro atoms. The Hall–Kier alpha value is -1.56. The van der Waals surface area contributed by atoms with Crippen molar-refractivity contribution < 1.29 is 0 Å². The summed E-state index contributed by atoms with van der Waals surface area (Å²) in [5, 5.41) is 0. The summed E-state index contributed by atoms with van der Waals surface area (Å²) in [4.78, 5) is 0. The lowest BCUT2D eigenvalue weighted by Gasteiger charge is -2.28. The lowest BCUT2D eigenvalue weighted by atomic mass is 9.77. The van der Waals surface area contributed by atoms with Crippen molar-refractivity contribution in [3.8, 4) is 0 Å². The minimum absolute atomic E-state index is 0.169. The predicted molar refractivity (Wildman–Crippen MR) is 140 cm³/mol. The van der Waals surface area contributed by atoms with E-state index in [0.717, 1.165) is 12.8 Å². The standard InChI is InChI=1S/C31H48/c1-28(2,3)24-17-16-23(27(21-24)31(10,11)12)15-13-14-22-18-25(29(4,5)6)20-26(19-22)30(7,8)9/h16-21H,13-15H2,1-12H3. The summed E-state index contributed by atoms with van der Waals surface area (Å²) in [6.07, 6.45) is 3.47. The largest absolute Gasteiger partial charge is 0.0585 e. The van der Waals surface area contributed by atoms with Crippen LogP contribution in [-0.4, -0.2) is 0 Å². The third-order valence-corrected chi connectivity index (χ3v) is 6.42. The highest BCUT2D eigenvalue weighted by atomic mass is 14.3. The second-order valence-electron chi connectivity index (χ2n) is 13.6. The molecule has 0 saturated carbocycles. The maximum absolute atomic E-state index is 2.47. The Morgan fingerprint density at radius 3 is 1.39 bits per heavy atom. The van der Waals surface area contributed by atoms with Gasteiger partial charge in [-0.25, -0.2) is 0 Å². The molecule has 0 heterocycles. The molecule has 0 aliphatic heterocycles. The normalized spacial score (nSPS) is 13.5. The Kier molecular flexibility index (Phi) is 7.26. The van der Waals surface area contributed by atoms with Crippen molar-refractivity contribution >= 4 is 0 Å². The van der Waals surface area contributed by atoms with Gasteiger partial charge in [0.05, 0.1) is 0 Å². The van der Waals surface area contributed by atoms with Crippen LogP contribution in [0.4, 0.5) is 0 Å². The lowest BCUT2D eigenvalue weighted by molar-refractivity contribution is 0.560. The van der Waals surface area contributed by atoms with Crippen molar-refractivity contribution in [2.45, 2.75) is 124 Å².